The van der Waals surface area contributed by atoms with Gasteiger partial charge in [-0.2, -0.15) is 0 Å². The number of hydrogen-bond donors (Lipinski definition) is 3. The molecule has 17 nitrogen and oxygen atoms in total. The number of phosphoric acid groups is 2. The second kappa shape index (κ2) is 76.8. The third-order valence-electron chi connectivity index (χ3n) is 20.1. The Balaban J connectivity index is 5.18. The summed E-state index contributed by atoms with van der Waals surface area (Å²) in [4.78, 5) is 73.0. The normalized spacial score (nSPS) is 14.1. The van der Waals surface area contributed by atoms with Gasteiger partial charge in [0, 0.05) is 25.7 Å². The fourth-order valence-corrected chi connectivity index (χ4v) is 14.7. The van der Waals surface area contributed by atoms with Gasteiger partial charge in [0.1, 0.15) is 19.3 Å². The zero-order valence-corrected chi connectivity index (χ0v) is 69.3. The predicted molar refractivity (Wildman–Crippen MR) is 423 cm³/mol. The summed E-state index contributed by atoms with van der Waals surface area (Å²) in [5, 5.41) is 10.6. The van der Waals surface area contributed by atoms with Gasteiger partial charge in [0.15, 0.2) is 12.2 Å². The van der Waals surface area contributed by atoms with Crippen LogP contribution in [0.5, 0.6) is 0 Å². The van der Waals surface area contributed by atoms with E-state index < -0.39 is 97.5 Å². The fourth-order valence-electron chi connectivity index (χ4n) is 13.1. The van der Waals surface area contributed by atoms with Crippen molar-refractivity contribution in [3.63, 3.8) is 0 Å². The molecule has 0 bridgehead atoms. The maximum atomic E-state index is 13.1. The Morgan fingerprint density at radius 1 is 0.272 bits per heavy atom. The highest BCUT2D eigenvalue weighted by atomic mass is 31.2. The van der Waals surface area contributed by atoms with E-state index in [0.29, 0.717) is 25.7 Å². The number of carbonyl (C=O) groups excluding carboxylic acids is 4. The van der Waals surface area contributed by atoms with Crippen LogP contribution in [-0.4, -0.2) is 96.7 Å². The Morgan fingerprint density at radius 2 is 0.466 bits per heavy atom. The topological polar surface area (TPSA) is 237 Å². The number of rotatable bonds is 84. The molecule has 0 saturated carbocycles. The number of aliphatic hydroxyl groups excluding tert-OH is 1. The second-order valence-electron chi connectivity index (χ2n) is 30.5. The van der Waals surface area contributed by atoms with E-state index in [1.54, 1.807) is 0 Å². The molecule has 103 heavy (non-hydrogen) atoms. The molecule has 19 heteroatoms. The maximum absolute atomic E-state index is 13.1. The third kappa shape index (κ3) is 76.6. The van der Waals surface area contributed by atoms with Gasteiger partial charge >= 0.3 is 39.5 Å². The molecule has 0 aliphatic heterocycles. The molecule has 0 saturated heterocycles. The minimum Gasteiger partial charge on any atom is -0.462 e. The van der Waals surface area contributed by atoms with Crippen molar-refractivity contribution in [2.75, 3.05) is 39.6 Å². The lowest BCUT2D eigenvalue weighted by Crippen LogP contribution is -2.30. The average molecular weight is 1510 g/mol. The van der Waals surface area contributed by atoms with Crippen LogP contribution in [0.4, 0.5) is 0 Å². The van der Waals surface area contributed by atoms with Crippen molar-refractivity contribution >= 4 is 39.5 Å². The molecule has 0 rings (SSSR count). The molecule has 0 aromatic rings. The van der Waals surface area contributed by atoms with Crippen LogP contribution in [0.15, 0.2) is 0 Å². The van der Waals surface area contributed by atoms with Gasteiger partial charge in [-0.1, -0.05) is 401 Å². The maximum Gasteiger partial charge on any atom is 0.472 e. The standard InChI is InChI=1S/C84H164O17P2/c1-6-10-13-16-19-22-24-26-28-30-32-34-36-38-40-42-44-47-53-58-63-68-82(87)95-74-79(100-83(88)69-64-59-54-48-45-43-41-39-37-35-33-31-29-27-25-23-20-17-14-11-7-2)75-98-102(90,91)96-71-78(85)72-97-103(92,93)99-76-80(73-94-81(86)67-62-57-52-46-21-18-15-12-8-3)101-84(89)70-65-60-55-50-49-51-56-61-66-77(5)9-4/h77-80,85H,6-76H2,1-5H3,(H,90,91)(H,92,93)/t77?,78-,79-,80-/m1/s1. The molecule has 612 valence electrons. The zero-order chi connectivity index (χ0) is 75.5. The first-order valence-corrected chi connectivity index (χ1v) is 46.7. The van der Waals surface area contributed by atoms with E-state index in [1.165, 1.54) is 276 Å². The van der Waals surface area contributed by atoms with Gasteiger partial charge in [0.25, 0.3) is 0 Å². The number of unbranched alkanes of at least 4 members (excludes halogenated alkanes) is 55. The molecule has 0 amide bonds. The Hall–Kier alpha value is -1.94. The summed E-state index contributed by atoms with van der Waals surface area (Å²) in [5.74, 6) is -1.34. The third-order valence-corrected chi connectivity index (χ3v) is 22.0. The Kier molecular flexibility index (Phi) is 75.4. The minimum absolute atomic E-state index is 0.106. The first-order valence-electron chi connectivity index (χ1n) is 43.7. The molecular weight excluding hydrogens is 1340 g/mol. The van der Waals surface area contributed by atoms with E-state index in [9.17, 15) is 43.2 Å². The van der Waals surface area contributed by atoms with Crippen LogP contribution in [0.25, 0.3) is 0 Å². The summed E-state index contributed by atoms with van der Waals surface area (Å²) in [6, 6.07) is 0. The van der Waals surface area contributed by atoms with Crippen LogP contribution in [0.1, 0.15) is 452 Å². The van der Waals surface area contributed by atoms with E-state index in [0.717, 1.165) is 95.8 Å². The van der Waals surface area contributed by atoms with E-state index >= 15 is 0 Å². The minimum atomic E-state index is -4.96. The molecule has 3 N–H and O–H groups in total. The number of carbonyl (C=O) groups is 4. The second-order valence-corrected chi connectivity index (χ2v) is 33.4. The van der Waals surface area contributed by atoms with E-state index in [4.69, 9.17) is 37.0 Å². The van der Waals surface area contributed by atoms with Crippen molar-refractivity contribution < 1.29 is 80.2 Å². The van der Waals surface area contributed by atoms with Crippen molar-refractivity contribution in [3.05, 3.63) is 0 Å². The number of esters is 4. The Labute approximate surface area is 632 Å². The summed E-state index contributed by atoms with van der Waals surface area (Å²) in [5.41, 5.74) is 0. The number of ether oxygens (including phenoxy) is 4. The summed E-state index contributed by atoms with van der Waals surface area (Å²) in [6.45, 7) is 7.32. The van der Waals surface area contributed by atoms with Crippen molar-refractivity contribution in [1.29, 1.82) is 0 Å². The molecule has 0 fully saturated rings. The highest BCUT2D eigenvalue weighted by Crippen LogP contribution is 2.45. The summed E-state index contributed by atoms with van der Waals surface area (Å²) in [7, 11) is -9.92. The van der Waals surface area contributed by atoms with Crippen molar-refractivity contribution in [2.24, 2.45) is 5.92 Å². The van der Waals surface area contributed by atoms with Gasteiger partial charge in [0.05, 0.1) is 26.4 Å². The predicted octanol–water partition coefficient (Wildman–Crippen LogP) is 25.6. The molecule has 0 aliphatic carbocycles. The van der Waals surface area contributed by atoms with Crippen LogP contribution >= 0.6 is 15.6 Å². The number of aliphatic hydroxyl groups is 1. The van der Waals surface area contributed by atoms with Crippen molar-refractivity contribution in [3.8, 4) is 0 Å². The largest absolute Gasteiger partial charge is 0.472 e. The molecule has 6 atom stereocenters. The molecule has 0 aromatic heterocycles. The van der Waals surface area contributed by atoms with E-state index in [2.05, 4.69) is 34.6 Å². The Bertz CT molecular complexity index is 1960. The van der Waals surface area contributed by atoms with E-state index in [-0.39, 0.29) is 25.7 Å². The molecule has 0 heterocycles. The van der Waals surface area contributed by atoms with Gasteiger partial charge < -0.3 is 33.8 Å². The van der Waals surface area contributed by atoms with Crippen LogP contribution in [0.3, 0.4) is 0 Å². The number of phosphoric ester groups is 2. The van der Waals surface area contributed by atoms with Crippen LogP contribution in [0.2, 0.25) is 0 Å². The summed E-state index contributed by atoms with van der Waals surface area (Å²) >= 11 is 0. The van der Waals surface area contributed by atoms with Crippen LogP contribution in [-0.2, 0) is 65.4 Å². The zero-order valence-electron chi connectivity index (χ0n) is 67.5. The monoisotopic (exact) mass is 1510 g/mol. The molecular formula is C84H164O17P2. The van der Waals surface area contributed by atoms with Crippen molar-refractivity contribution in [2.45, 2.75) is 470 Å². The highest BCUT2D eigenvalue weighted by Gasteiger charge is 2.30. The quantitative estimate of drug-likeness (QED) is 0.0222. The van der Waals surface area contributed by atoms with Gasteiger partial charge in [-0.25, -0.2) is 9.13 Å². The molecule has 0 radical (unpaired) electrons. The van der Waals surface area contributed by atoms with Crippen molar-refractivity contribution in [1.82, 2.24) is 0 Å². The summed E-state index contributed by atoms with van der Waals surface area (Å²) < 4.78 is 68.7. The SMILES string of the molecule is CCCCCCCCCCCCCCCCCCCCCCCC(=O)OC[C@H](COP(=O)(O)OC[C@@H](O)COP(=O)(O)OC[C@@H](COC(=O)CCCCCCCCCCC)OC(=O)CCCCCCCCCCC(C)CC)OC(=O)CCCCCCCCCCCCCCCCCCCCCCC. The first-order chi connectivity index (χ1) is 50.1. The number of hydrogen-bond acceptors (Lipinski definition) is 15. The van der Waals surface area contributed by atoms with E-state index in [1.807, 2.05) is 0 Å². The lowest BCUT2D eigenvalue weighted by Gasteiger charge is -2.21. The van der Waals surface area contributed by atoms with Crippen LogP contribution in [0, 0.1) is 5.92 Å². The van der Waals surface area contributed by atoms with Gasteiger partial charge in [-0.15, -0.1) is 0 Å². The van der Waals surface area contributed by atoms with Gasteiger partial charge in [-0.3, -0.25) is 37.3 Å². The molecule has 3 unspecified atom stereocenters. The molecule has 0 aliphatic rings. The lowest BCUT2D eigenvalue weighted by molar-refractivity contribution is -0.161. The van der Waals surface area contributed by atoms with Gasteiger partial charge in [-0.05, 0) is 31.6 Å². The molecule has 0 spiro atoms. The smallest absolute Gasteiger partial charge is 0.462 e. The Morgan fingerprint density at radius 3 is 0.689 bits per heavy atom. The fraction of sp³-hybridized carbons (Fsp3) is 0.952. The molecule has 0 aromatic carbocycles. The average Bonchev–Trinajstić information content (AvgIpc) is 0.908. The lowest BCUT2D eigenvalue weighted by atomic mass is 9.99. The summed E-state index contributed by atoms with van der Waals surface area (Å²) in [6.07, 6.45) is 69.6. The van der Waals surface area contributed by atoms with Gasteiger partial charge in [0.2, 0.25) is 0 Å². The highest BCUT2D eigenvalue weighted by molar-refractivity contribution is 7.47. The van der Waals surface area contributed by atoms with Crippen LogP contribution < -0.4 is 0 Å². The first kappa shape index (κ1) is 101.